The summed E-state index contributed by atoms with van der Waals surface area (Å²) in [6.07, 6.45) is 4.34. The molecule has 17 heavy (non-hydrogen) atoms. The Balaban J connectivity index is 2.36. The highest BCUT2D eigenvalue weighted by molar-refractivity contribution is 7.92. The summed E-state index contributed by atoms with van der Waals surface area (Å²) in [5.74, 6) is 0. The van der Waals surface area contributed by atoms with E-state index in [0.717, 1.165) is 0 Å². The Kier molecular flexibility index (Phi) is 2.92. The quantitative estimate of drug-likeness (QED) is 0.841. The van der Waals surface area contributed by atoms with Crippen molar-refractivity contribution in [3.63, 3.8) is 0 Å². The van der Waals surface area contributed by atoms with Crippen LogP contribution in [0.4, 0.5) is 11.4 Å². The van der Waals surface area contributed by atoms with Crippen LogP contribution >= 0.6 is 0 Å². The Morgan fingerprint density at radius 1 is 1.12 bits per heavy atom. The third-order valence-corrected chi connectivity index (χ3v) is 3.34. The van der Waals surface area contributed by atoms with Gasteiger partial charge in [0.15, 0.2) is 5.03 Å². The van der Waals surface area contributed by atoms with E-state index in [1.807, 2.05) is 0 Å². The zero-order valence-corrected chi connectivity index (χ0v) is 9.55. The van der Waals surface area contributed by atoms with E-state index in [1.54, 1.807) is 6.07 Å². The summed E-state index contributed by atoms with van der Waals surface area (Å²) in [5, 5.41) is -0.184. The molecule has 0 aliphatic heterocycles. The summed E-state index contributed by atoms with van der Waals surface area (Å²) in [6, 6.07) is 6.13. The van der Waals surface area contributed by atoms with Gasteiger partial charge in [-0.2, -0.15) is 8.42 Å². The minimum absolute atomic E-state index is 0.106. The molecule has 0 saturated heterocycles. The SMILES string of the molecule is Nc1cccnc1S(=O)(=O)Nc1ccncc1. The minimum atomic E-state index is -3.76. The average molecular weight is 250 g/mol. The molecular weight excluding hydrogens is 240 g/mol. The van der Waals surface area contributed by atoms with Crippen LogP contribution in [-0.2, 0) is 10.0 Å². The predicted molar refractivity (Wildman–Crippen MR) is 63.7 cm³/mol. The first kappa shape index (κ1) is 11.3. The fourth-order valence-electron chi connectivity index (χ4n) is 1.25. The molecule has 0 fully saturated rings. The van der Waals surface area contributed by atoms with Crippen LogP contribution in [0.1, 0.15) is 0 Å². The summed E-state index contributed by atoms with van der Waals surface area (Å²) in [4.78, 5) is 7.55. The van der Waals surface area contributed by atoms with Gasteiger partial charge in [0, 0.05) is 18.6 Å². The van der Waals surface area contributed by atoms with E-state index in [1.165, 1.54) is 36.8 Å². The number of aromatic nitrogens is 2. The van der Waals surface area contributed by atoms with Crippen molar-refractivity contribution >= 4 is 21.4 Å². The molecule has 0 unspecified atom stereocenters. The van der Waals surface area contributed by atoms with E-state index in [2.05, 4.69) is 14.7 Å². The fourth-order valence-corrected chi connectivity index (χ4v) is 2.37. The van der Waals surface area contributed by atoms with Crippen molar-refractivity contribution in [3.8, 4) is 0 Å². The van der Waals surface area contributed by atoms with Crippen molar-refractivity contribution in [2.75, 3.05) is 10.5 Å². The molecule has 3 N–H and O–H groups in total. The van der Waals surface area contributed by atoms with Crippen molar-refractivity contribution in [3.05, 3.63) is 42.9 Å². The van der Waals surface area contributed by atoms with Crippen LogP contribution in [0, 0.1) is 0 Å². The summed E-state index contributed by atoms with van der Waals surface area (Å²) >= 11 is 0. The molecule has 0 amide bonds. The molecule has 0 aliphatic rings. The molecule has 2 aromatic heterocycles. The van der Waals surface area contributed by atoms with E-state index in [9.17, 15) is 8.42 Å². The molecule has 6 nitrogen and oxygen atoms in total. The van der Waals surface area contributed by atoms with Crippen LogP contribution < -0.4 is 10.5 Å². The molecule has 2 rings (SSSR count). The maximum atomic E-state index is 11.9. The second-order valence-corrected chi connectivity index (χ2v) is 4.84. The summed E-state index contributed by atoms with van der Waals surface area (Å²) < 4.78 is 26.3. The number of anilines is 2. The first-order valence-corrected chi connectivity index (χ1v) is 6.21. The number of nitrogens with two attached hydrogens (primary N) is 1. The van der Waals surface area contributed by atoms with Crippen molar-refractivity contribution in [2.24, 2.45) is 0 Å². The molecule has 0 bridgehead atoms. The highest BCUT2D eigenvalue weighted by Gasteiger charge is 2.18. The second kappa shape index (κ2) is 4.38. The van der Waals surface area contributed by atoms with Gasteiger partial charge in [-0.15, -0.1) is 0 Å². The molecule has 0 aromatic carbocycles. The van der Waals surface area contributed by atoms with Gasteiger partial charge in [-0.3, -0.25) is 9.71 Å². The van der Waals surface area contributed by atoms with E-state index in [0.29, 0.717) is 5.69 Å². The number of nitrogen functional groups attached to an aromatic ring is 1. The maximum Gasteiger partial charge on any atom is 0.281 e. The lowest BCUT2D eigenvalue weighted by Gasteiger charge is -2.08. The first-order valence-electron chi connectivity index (χ1n) is 4.73. The third kappa shape index (κ3) is 2.51. The van der Waals surface area contributed by atoms with Crippen LogP contribution in [0.25, 0.3) is 0 Å². The zero-order valence-electron chi connectivity index (χ0n) is 8.74. The largest absolute Gasteiger partial charge is 0.396 e. The molecule has 2 heterocycles. The van der Waals surface area contributed by atoms with Crippen LogP contribution in [0.15, 0.2) is 47.9 Å². The molecule has 7 heteroatoms. The normalized spacial score (nSPS) is 11.1. The Bertz CT molecular complexity index is 613. The van der Waals surface area contributed by atoms with Gasteiger partial charge in [0.1, 0.15) is 0 Å². The van der Waals surface area contributed by atoms with E-state index < -0.39 is 10.0 Å². The maximum absolute atomic E-state index is 11.9. The molecule has 0 aliphatic carbocycles. The van der Waals surface area contributed by atoms with Gasteiger partial charge in [-0.1, -0.05) is 0 Å². The molecule has 2 aromatic rings. The fraction of sp³-hybridized carbons (Fsp3) is 0. The van der Waals surface area contributed by atoms with Crippen molar-refractivity contribution < 1.29 is 8.42 Å². The van der Waals surface area contributed by atoms with Crippen LogP contribution in [-0.4, -0.2) is 18.4 Å². The number of hydrogen-bond donors (Lipinski definition) is 2. The lowest BCUT2D eigenvalue weighted by Crippen LogP contribution is -2.16. The zero-order chi connectivity index (χ0) is 12.3. The number of nitrogens with zero attached hydrogens (tertiary/aromatic N) is 2. The van der Waals surface area contributed by atoms with Gasteiger partial charge in [0.05, 0.1) is 11.4 Å². The Morgan fingerprint density at radius 3 is 2.47 bits per heavy atom. The van der Waals surface area contributed by atoms with Crippen molar-refractivity contribution in [1.82, 2.24) is 9.97 Å². The van der Waals surface area contributed by atoms with Gasteiger partial charge in [-0.25, -0.2) is 4.98 Å². The Morgan fingerprint density at radius 2 is 1.82 bits per heavy atom. The minimum Gasteiger partial charge on any atom is -0.396 e. The highest BCUT2D eigenvalue weighted by Crippen LogP contribution is 2.17. The molecule has 0 saturated carbocycles. The van der Waals surface area contributed by atoms with Gasteiger partial charge < -0.3 is 5.73 Å². The average Bonchev–Trinajstić information content (AvgIpc) is 2.30. The van der Waals surface area contributed by atoms with Gasteiger partial charge in [0.2, 0.25) is 0 Å². The Hall–Kier alpha value is -2.15. The van der Waals surface area contributed by atoms with Gasteiger partial charge >= 0.3 is 0 Å². The number of pyridine rings is 2. The molecule has 0 radical (unpaired) electrons. The first-order chi connectivity index (χ1) is 8.09. The lowest BCUT2D eigenvalue weighted by molar-refractivity contribution is 0.598. The number of rotatable bonds is 3. The number of sulfonamides is 1. The monoisotopic (exact) mass is 250 g/mol. The number of nitrogens with one attached hydrogen (secondary N) is 1. The van der Waals surface area contributed by atoms with E-state index >= 15 is 0 Å². The standard InChI is InChI=1S/C10H10N4O2S/c11-9-2-1-5-13-10(9)17(15,16)14-8-3-6-12-7-4-8/h1-7H,11H2,(H,12,14). The lowest BCUT2D eigenvalue weighted by atomic mass is 10.4. The van der Waals surface area contributed by atoms with Crippen LogP contribution in [0.5, 0.6) is 0 Å². The molecule has 88 valence electrons. The van der Waals surface area contributed by atoms with Gasteiger partial charge in [-0.05, 0) is 24.3 Å². The predicted octanol–water partition coefficient (Wildman–Crippen LogP) is 0.860. The van der Waals surface area contributed by atoms with E-state index in [-0.39, 0.29) is 10.7 Å². The summed E-state index contributed by atoms with van der Waals surface area (Å²) in [5.41, 5.74) is 6.08. The summed E-state index contributed by atoms with van der Waals surface area (Å²) in [7, 11) is -3.76. The summed E-state index contributed by atoms with van der Waals surface area (Å²) in [6.45, 7) is 0. The van der Waals surface area contributed by atoms with Crippen LogP contribution in [0.3, 0.4) is 0 Å². The Labute approximate surface area is 98.6 Å². The molecule has 0 atom stereocenters. The topological polar surface area (TPSA) is 98.0 Å². The highest BCUT2D eigenvalue weighted by atomic mass is 32.2. The van der Waals surface area contributed by atoms with Crippen LogP contribution in [0.2, 0.25) is 0 Å². The van der Waals surface area contributed by atoms with Crippen molar-refractivity contribution in [2.45, 2.75) is 5.03 Å². The van der Waals surface area contributed by atoms with Crippen molar-refractivity contribution in [1.29, 1.82) is 0 Å². The molecule has 0 spiro atoms. The third-order valence-electron chi connectivity index (χ3n) is 1.99. The molecular formula is C10H10N4O2S. The number of hydrogen-bond acceptors (Lipinski definition) is 5. The van der Waals surface area contributed by atoms with E-state index in [4.69, 9.17) is 5.73 Å². The smallest absolute Gasteiger partial charge is 0.281 e. The van der Waals surface area contributed by atoms with Gasteiger partial charge in [0.25, 0.3) is 10.0 Å². The second-order valence-electron chi connectivity index (χ2n) is 3.24.